The van der Waals surface area contributed by atoms with Crippen molar-refractivity contribution in [3.8, 4) is 11.5 Å². The molecule has 26 heavy (non-hydrogen) atoms. The highest BCUT2D eigenvalue weighted by Crippen LogP contribution is 2.28. The maximum atomic E-state index is 12.8. The lowest BCUT2D eigenvalue weighted by molar-refractivity contribution is -0.0498. The summed E-state index contributed by atoms with van der Waals surface area (Å²) >= 11 is 0. The van der Waals surface area contributed by atoms with Crippen LogP contribution in [0.1, 0.15) is 16.7 Å². The Bertz CT molecular complexity index is 844. The summed E-state index contributed by atoms with van der Waals surface area (Å²) in [6.45, 7) is 0.770. The van der Waals surface area contributed by atoms with Gasteiger partial charge < -0.3 is 9.47 Å². The van der Waals surface area contributed by atoms with Gasteiger partial charge in [-0.1, -0.05) is 12.1 Å². The molecule has 0 amide bonds. The molecule has 8 heteroatoms. The molecule has 0 spiro atoms. The average Bonchev–Trinajstić information content (AvgIpc) is 2.55. The van der Waals surface area contributed by atoms with E-state index in [-0.39, 0.29) is 17.2 Å². The Morgan fingerprint density at radius 3 is 2.08 bits per heavy atom. The van der Waals surface area contributed by atoms with E-state index in [0.29, 0.717) is 11.3 Å². The SMILES string of the molecule is COc1c(C)cc(S(=O)(=O)N(C)Cc2ccc(OC(F)F)cc2)cc1C. The minimum Gasteiger partial charge on any atom is -0.496 e. The molecule has 0 heterocycles. The van der Waals surface area contributed by atoms with Gasteiger partial charge in [0.25, 0.3) is 0 Å². The van der Waals surface area contributed by atoms with Gasteiger partial charge in [-0.05, 0) is 54.8 Å². The second kappa shape index (κ2) is 8.01. The zero-order valence-corrected chi connectivity index (χ0v) is 15.8. The summed E-state index contributed by atoms with van der Waals surface area (Å²) in [5.41, 5.74) is 2.11. The van der Waals surface area contributed by atoms with Crippen molar-refractivity contribution in [1.82, 2.24) is 4.31 Å². The molecule has 0 aliphatic rings. The number of halogens is 2. The van der Waals surface area contributed by atoms with Crippen molar-refractivity contribution in [3.05, 3.63) is 53.1 Å². The van der Waals surface area contributed by atoms with Crippen molar-refractivity contribution < 1.29 is 26.7 Å². The maximum Gasteiger partial charge on any atom is 0.387 e. The van der Waals surface area contributed by atoms with Crippen molar-refractivity contribution in [3.63, 3.8) is 0 Å². The zero-order chi connectivity index (χ0) is 19.5. The first kappa shape index (κ1) is 20.1. The lowest BCUT2D eigenvalue weighted by atomic mass is 10.1. The molecule has 0 aromatic heterocycles. The molecular formula is C18H21F2NO4S. The number of alkyl halides is 2. The van der Waals surface area contributed by atoms with Gasteiger partial charge in [0, 0.05) is 13.6 Å². The first-order chi connectivity index (χ1) is 12.1. The van der Waals surface area contributed by atoms with Gasteiger partial charge in [0.1, 0.15) is 11.5 Å². The second-order valence-electron chi connectivity index (χ2n) is 5.87. The van der Waals surface area contributed by atoms with E-state index < -0.39 is 16.6 Å². The maximum absolute atomic E-state index is 12.8. The smallest absolute Gasteiger partial charge is 0.387 e. The van der Waals surface area contributed by atoms with Crippen LogP contribution >= 0.6 is 0 Å². The molecule has 2 aromatic rings. The van der Waals surface area contributed by atoms with Crippen LogP contribution < -0.4 is 9.47 Å². The van der Waals surface area contributed by atoms with Gasteiger partial charge in [0.15, 0.2) is 0 Å². The molecule has 0 saturated carbocycles. The van der Waals surface area contributed by atoms with E-state index in [1.54, 1.807) is 38.1 Å². The molecule has 0 aliphatic heterocycles. The quantitative estimate of drug-likeness (QED) is 0.729. The Hall–Kier alpha value is -2.19. The van der Waals surface area contributed by atoms with Gasteiger partial charge in [-0.3, -0.25) is 0 Å². The molecule has 0 atom stereocenters. The Kier molecular flexibility index (Phi) is 6.20. The number of hydrogen-bond donors (Lipinski definition) is 0. The minimum absolute atomic E-state index is 0.0238. The van der Waals surface area contributed by atoms with E-state index in [4.69, 9.17) is 4.74 Å². The number of rotatable bonds is 7. The Labute approximate surface area is 152 Å². The van der Waals surface area contributed by atoms with E-state index in [1.165, 1.54) is 30.6 Å². The zero-order valence-electron chi connectivity index (χ0n) is 15.0. The predicted molar refractivity (Wildman–Crippen MR) is 94.2 cm³/mol. The van der Waals surface area contributed by atoms with Crippen LogP contribution in [-0.4, -0.2) is 33.5 Å². The van der Waals surface area contributed by atoms with Crippen molar-refractivity contribution in [1.29, 1.82) is 0 Å². The van der Waals surface area contributed by atoms with E-state index in [9.17, 15) is 17.2 Å². The normalized spacial score (nSPS) is 11.8. The van der Waals surface area contributed by atoms with Gasteiger partial charge in [-0.25, -0.2) is 8.42 Å². The fourth-order valence-corrected chi connectivity index (χ4v) is 4.01. The van der Waals surface area contributed by atoms with Crippen molar-refractivity contribution in [2.45, 2.75) is 31.9 Å². The summed E-state index contributed by atoms with van der Waals surface area (Å²) in [4.78, 5) is 0.174. The highest BCUT2D eigenvalue weighted by molar-refractivity contribution is 7.89. The Balaban J connectivity index is 2.21. The van der Waals surface area contributed by atoms with Crippen LogP contribution in [0.4, 0.5) is 8.78 Å². The van der Waals surface area contributed by atoms with Gasteiger partial charge >= 0.3 is 6.61 Å². The molecule has 0 bridgehead atoms. The standard InChI is InChI=1S/C18H21F2NO4S/c1-12-9-16(10-13(2)17(12)24-4)26(22,23)21(3)11-14-5-7-15(8-6-14)25-18(19)20/h5-10,18H,11H2,1-4H3. The average molecular weight is 385 g/mol. The van der Waals surface area contributed by atoms with Crippen LogP contribution in [0.3, 0.4) is 0 Å². The van der Waals surface area contributed by atoms with Crippen LogP contribution in [0.5, 0.6) is 11.5 Å². The van der Waals surface area contributed by atoms with Gasteiger partial charge in [-0.2, -0.15) is 13.1 Å². The molecule has 0 aliphatic carbocycles. The van der Waals surface area contributed by atoms with Crippen LogP contribution in [0, 0.1) is 13.8 Å². The molecule has 0 unspecified atom stereocenters. The summed E-state index contributed by atoms with van der Waals surface area (Å²) in [6, 6.07) is 8.99. The van der Waals surface area contributed by atoms with Crippen molar-refractivity contribution in [2.75, 3.05) is 14.2 Å². The first-order valence-electron chi connectivity index (χ1n) is 7.80. The van der Waals surface area contributed by atoms with E-state index in [2.05, 4.69) is 4.74 Å². The van der Waals surface area contributed by atoms with Gasteiger partial charge in [-0.15, -0.1) is 0 Å². The lowest BCUT2D eigenvalue weighted by Gasteiger charge is -2.19. The predicted octanol–water partition coefficient (Wildman–Crippen LogP) is 3.73. The number of ether oxygens (including phenoxy) is 2. The monoisotopic (exact) mass is 385 g/mol. The van der Waals surface area contributed by atoms with Gasteiger partial charge in [0.2, 0.25) is 10.0 Å². The topological polar surface area (TPSA) is 55.8 Å². The number of hydrogen-bond acceptors (Lipinski definition) is 4. The van der Waals surface area contributed by atoms with E-state index >= 15 is 0 Å². The summed E-state index contributed by atoms with van der Waals surface area (Å²) in [5, 5.41) is 0. The minimum atomic E-state index is -3.71. The van der Waals surface area contributed by atoms with Gasteiger partial charge in [0.05, 0.1) is 12.0 Å². The highest BCUT2D eigenvalue weighted by Gasteiger charge is 2.23. The largest absolute Gasteiger partial charge is 0.496 e. The number of nitrogens with zero attached hydrogens (tertiary/aromatic N) is 1. The summed E-state index contributed by atoms with van der Waals surface area (Å²) in [6.07, 6.45) is 0. The lowest BCUT2D eigenvalue weighted by Crippen LogP contribution is -2.26. The Morgan fingerprint density at radius 1 is 1.08 bits per heavy atom. The molecule has 0 saturated heterocycles. The molecule has 0 N–H and O–H groups in total. The van der Waals surface area contributed by atoms with Crippen LogP contribution in [-0.2, 0) is 16.6 Å². The summed E-state index contributed by atoms with van der Waals surface area (Å²) < 4.78 is 60.7. The third kappa shape index (κ3) is 4.50. The van der Waals surface area contributed by atoms with Crippen LogP contribution in [0.2, 0.25) is 0 Å². The molecule has 0 radical (unpaired) electrons. The molecule has 0 fully saturated rings. The molecular weight excluding hydrogens is 364 g/mol. The van der Waals surface area contributed by atoms with Crippen LogP contribution in [0.15, 0.2) is 41.3 Å². The third-order valence-corrected chi connectivity index (χ3v) is 5.68. The fourth-order valence-electron chi connectivity index (χ4n) is 2.68. The molecule has 5 nitrogen and oxygen atoms in total. The fraction of sp³-hybridized carbons (Fsp3) is 0.333. The van der Waals surface area contributed by atoms with E-state index in [0.717, 1.165) is 11.1 Å². The van der Waals surface area contributed by atoms with Crippen LogP contribution in [0.25, 0.3) is 0 Å². The van der Waals surface area contributed by atoms with Crippen molar-refractivity contribution in [2.24, 2.45) is 0 Å². The molecule has 2 rings (SSSR count). The highest BCUT2D eigenvalue weighted by atomic mass is 32.2. The van der Waals surface area contributed by atoms with E-state index in [1.807, 2.05) is 0 Å². The number of methoxy groups -OCH3 is 1. The summed E-state index contributed by atoms with van der Waals surface area (Å²) in [5.74, 6) is 0.678. The third-order valence-electron chi connectivity index (χ3n) is 3.90. The second-order valence-corrected chi connectivity index (χ2v) is 7.92. The Morgan fingerprint density at radius 2 is 1.62 bits per heavy atom. The molecule has 2 aromatic carbocycles. The number of aryl methyl sites for hydroxylation is 2. The van der Waals surface area contributed by atoms with Crippen molar-refractivity contribution >= 4 is 10.0 Å². The summed E-state index contributed by atoms with van der Waals surface area (Å²) in [7, 11) is -0.705. The number of sulfonamides is 1. The molecule has 142 valence electrons. The number of benzene rings is 2. The first-order valence-corrected chi connectivity index (χ1v) is 9.24.